The standard InChI is InChI=1S/C21H16Cl2N2/c22-16-9-5-14(6-10-16)13-24-21-18-3-1-2-4-19(18)25-20(21)15-7-11-17(23)12-8-15/h1-12,24-25H,13H2. The van der Waals surface area contributed by atoms with Gasteiger partial charge in [0.25, 0.3) is 0 Å². The Kier molecular flexibility index (Phi) is 4.39. The highest BCUT2D eigenvalue weighted by molar-refractivity contribution is 6.30. The maximum atomic E-state index is 6.03. The summed E-state index contributed by atoms with van der Waals surface area (Å²) < 4.78 is 0. The van der Waals surface area contributed by atoms with E-state index < -0.39 is 0 Å². The van der Waals surface area contributed by atoms with Crippen LogP contribution in [0.5, 0.6) is 0 Å². The van der Waals surface area contributed by atoms with Crippen molar-refractivity contribution in [2.24, 2.45) is 0 Å². The highest BCUT2D eigenvalue weighted by Crippen LogP contribution is 2.35. The molecule has 4 rings (SSSR count). The fourth-order valence-corrected chi connectivity index (χ4v) is 3.20. The van der Waals surface area contributed by atoms with Gasteiger partial charge in [-0.3, -0.25) is 0 Å². The summed E-state index contributed by atoms with van der Waals surface area (Å²) in [5, 5.41) is 6.23. The molecule has 0 spiro atoms. The molecule has 2 N–H and O–H groups in total. The lowest BCUT2D eigenvalue weighted by molar-refractivity contribution is 1.15. The Labute approximate surface area is 156 Å². The second-order valence-electron chi connectivity index (χ2n) is 5.91. The molecule has 0 unspecified atom stereocenters. The van der Waals surface area contributed by atoms with Crippen LogP contribution in [-0.2, 0) is 6.54 Å². The molecule has 0 atom stereocenters. The number of nitrogens with one attached hydrogen (secondary N) is 2. The summed E-state index contributed by atoms with van der Waals surface area (Å²) in [4.78, 5) is 3.52. The van der Waals surface area contributed by atoms with Gasteiger partial charge in [0.05, 0.1) is 11.4 Å². The topological polar surface area (TPSA) is 27.8 Å². The monoisotopic (exact) mass is 366 g/mol. The Morgan fingerprint density at radius 1 is 0.760 bits per heavy atom. The van der Waals surface area contributed by atoms with Gasteiger partial charge in [-0.15, -0.1) is 0 Å². The molecular weight excluding hydrogens is 351 g/mol. The third kappa shape index (κ3) is 3.37. The maximum absolute atomic E-state index is 6.03. The first-order valence-corrected chi connectivity index (χ1v) is 8.81. The Morgan fingerprint density at radius 2 is 1.40 bits per heavy atom. The van der Waals surface area contributed by atoms with Crippen molar-refractivity contribution in [3.05, 3.63) is 88.4 Å². The van der Waals surface area contributed by atoms with Gasteiger partial charge in [-0.1, -0.05) is 65.7 Å². The lowest BCUT2D eigenvalue weighted by Gasteiger charge is -2.09. The van der Waals surface area contributed by atoms with Gasteiger partial charge < -0.3 is 10.3 Å². The smallest absolute Gasteiger partial charge is 0.0700 e. The quantitative estimate of drug-likeness (QED) is 0.410. The molecule has 0 radical (unpaired) electrons. The molecule has 0 saturated heterocycles. The molecule has 0 bridgehead atoms. The zero-order valence-electron chi connectivity index (χ0n) is 13.4. The Hall–Kier alpha value is -2.42. The summed E-state index contributed by atoms with van der Waals surface area (Å²) >= 11 is 12.0. The van der Waals surface area contributed by atoms with Crippen LogP contribution in [0.1, 0.15) is 5.56 Å². The van der Waals surface area contributed by atoms with Crippen LogP contribution in [0.3, 0.4) is 0 Å². The Bertz CT molecular complexity index is 1000. The van der Waals surface area contributed by atoms with Crippen LogP contribution in [0.15, 0.2) is 72.8 Å². The summed E-state index contributed by atoms with van der Waals surface area (Å²) in [6, 6.07) is 24.1. The SMILES string of the molecule is Clc1ccc(CNc2c(-c3ccc(Cl)cc3)[nH]c3ccccc23)cc1. The molecule has 124 valence electrons. The number of para-hydroxylation sites is 1. The van der Waals surface area contributed by atoms with Crippen molar-refractivity contribution < 1.29 is 0 Å². The first-order chi connectivity index (χ1) is 12.2. The average molecular weight is 367 g/mol. The summed E-state index contributed by atoms with van der Waals surface area (Å²) in [5.74, 6) is 0. The van der Waals surface area contributed by atoms with Gasteiger partial charge >= 0.3 is 0 Å². The number of fused-ring (bicyclic) bond motifs is 1. The van der Waals surface area contributed by atoms with Gasteiger partial charge in [-0.05, 0) is 35.9 Å². The van der Waals surface area contributed by atoms with Gasteiger partial charge in [-0.2, -0.15) is 0 Å². The van der Waals surface area contributed by atoms with E-state index in [4.69, 9.17) is 23.2 Å². The van der Waals surface area contributed by atoms with Crippen molar-refractivity contribution >= 4 is 39.8 Å². The fraction of sp³-hybridized carbons (Fsp3) is 0.0476. The van der Waals surface area contributed by atoms with E-state index in [0.717, 1.165) is 39.1 Å². The van der Waals surface area contributed by atoms with E-state index in [1.165, 1.54) is 10.9 Å². The van der Waals surface area contributed by atoms with Gasteiger partial charge in [0, 0.05) is 33.1 Å². The van der Waals surface area contributed by atoms with Gasteiger partial charge in [0.2, 0.25) is 0 Å². The molecule has 0 aliphatic heterocycles. The third-order valence-electron chi connectivity index (χ3n) is 4.22. The molecule has 1 heterocycles. The summed E-state index contributed by atoms with van der Waals surface area (Å²) in [6.45, 7) is 0.722. The highest BCUT2D eigenvalue weighted by Gasteiger charge is 2.12. The van der Waals surface area contributed by atoms with Crippen LogP contribution in [-0.4, -0.2) is 4.98 Å². The maximum Gasteiger partial charge on any atom is 0.0700 e. The number of halogens is 2. The van der Waals surface area contributed by atoms with E-state index >= 15 is 0 Å². The van der Waals surface area contributed by atoms with Crippen molar-refractivity contribution in [1.82, 2.24) is 4.98 Å². The van der Waals surface area contributed by atoms with Crippen LogP contribution >= 0.6 is 23.2 Å². The molecule has 0 aliphatic rings. The molecule has 0 aliphatic carbocycles. The number of hydrogen-bond donors (Lipinski definition) is 2. The average Bonchev–Trinajstić information content (AvgIpc) is 3.00. The van der Waals surface area contributed by atoms with E-state index in [1.54, 1.807) is 0 Å². The number of rotatable bonds is 4. The summed E-state index contributed by atoms with van der Waals surface area (Å²) in [5.41, 5.74) is 5.53. The van der Waals surface area contributed by atoms with E-state index in [0.29, 0.717) is 0 Å². The van der Waals surface area contributed by atoms with Gasteiger partial charge in [0.1, 0.15) is 0 Å². The van der Waals surface area contributed by atoms with Crippen molar-refractivity contribution in [2.75, 3.05) is 5.32 Å². The lowest BCUT2D eigenvalue weighted by Crippen LogP contribution is -2.00. The summed E-state index contributed by atoms with van der Waals surface area (Å²) in [6.07, 6.45) is 0. The van der Waals surface area contributed by atoms with Crippen molar-refractivity contribution in [2.45, 2.75) is 6.54 Å². The van der Waals surface area contributed by atoms with E-state index in [2.05, 4.69) is 28.5 Å². The normalized spacial score (nSPS) is 11.0. The minimum atomic E-state index is 0.722. The molecule has 2 nitrogen and oxygen atoms in total. The van der Waals surface area contributed by atoms with Crippen LogP contribution < -0.4 is 5.32 Å². The third-order valence-corrected chi connectivity index (χ3v) is 4.73. The van der Waals surface area contributed by atoms with E-state index in [1.807, 2.05) is 54.6 Å². The molecule has 1 aromatic heterocycles. The van der Waals surface area contributed by atoms with E-state index in [9.17, 15) is 0 Å². The lowest BCUT2D eigenvalue weighted by atomic mass is 10.1. The molecule has 0 saturated carbocycles. The second-order valence-corrected chi connectivity index (χ2v) is 6.78. The number of aromatic amines is 1. The minimum Gasteiger partial charge on any atom is -0.379 e. The molecule has 0 fully saturated rings. The molecule has 0 amide bonds. The zero-order valence-corrected chi connectivity index (χ0v) is 14.9. The first kappa shape index (κ1) is 16.1. The van der Waals surface area contributed by atoms with E-state index in [-0.39, 0.29) is 0 Å². The van der Waals surface area contributed by atoms with Crippen LogP contribution in [0, 0.1) is 0 Å². The molecule has 4 aromatic rings. The molecule has 4 heteroatoms. The zero-order chi connectivity index (χ0) is 17.2. The van der Waals surface area contributed by atoms with Crippen molar-refractivity contribution in [3.8, 4) is 11.3 Å². The Balaban J connectivity index is 1.73. The number of hydrogen-bond acceptors (Lipinski definition) is 1. The predicted molar refractivity (Wildman–Crippen MR) is 108 cm³/mol. The predicted octanol–water partition coefficient (Wildman–Crippen LogP) is 6.75. The molecule has 25 heavy (non-hydrogen) atoms. The molecular formula is C21H16Cl2N2. The van der Waals surface area contributed by atoms with Gasteiger partial charge in [-0.25, -0.2) is 0 Å². The number of benzene rings is 3. The van der Waals surface area contributed by atoms with Crippen molar-refractivity contribution in [1.29, 1.82) is 0 Å². The first-order valence-electron chi connectivity index (χ1n) is 8.06. The molecule has 3 aromatic carbocycles. The fourth-order valence-electron chi connectivity index (χ4n) is 2.95. The van der Waals surface area contributed by atoms with Gasteiger partial charge in [0.15, 0.2) is 0 Å². The minimum absolute atomic E-state index is 0.722. The highest BCUT2D eigenvalue weighted by atomic mass is 35.5. The second kappa shape index (κ2) is 6.83. The largest absolute Gasteiger partial charge is 0.379 e. The number of H-pyrrole nitrogens is 1. The Morgan fingerprint density at radius 3 is 2.12 bits per heavy atom. The van der Waals surface area contributed by atoms with Crippen LogP contribution in [0.2, 0.25) is 10.0 Å². The van der Waals surface area contributed by atoms with Crippen LogP contribution in [0.4, 0.5) is 5.69 Å². The number of aromatic nitrogens is 1. The van der Waals surface area contributed by atoms with Crippen LogP contribution in [0.25, 0.3) is 22.2 Å². The number of anilines is 1. The van der Waals surface area contributed by atoms with Crippen molar-refractivity contribution in [3.63, 3.8) is 0 Å². The summed E-state index contributed by atoms with van der Waals surface area (Å²) in [7, 11) is 0.